The summed E-state index contributed by atoms with van der Waals surface area (Å²) in [5.74, 6) is -0.202. The molecule has 28 heavy (non-hydrogen) atoms. The molecule has 0 radical (unpaired) electrons. The van der Waals surface area contributed by atoms with Gasteiger partial charge in [0.05, 0.1) is 22.1 Å². The van der Waals surface area contributed by atoms with E-state index in [0.717, 1.165) is 36.8 Å². The number of amides is 1. The Labute approximate surface area is 170 Å². The van der Waals surface area contributed by atoms with E-state index < -0.39 is 15.1 Å². The third kappa shape index (κ3) is 4.29. The summed E-state index contributed by atoms with van der Waals surface area (Å²) in [6.07, 6.45) is 5.38. The second-order valence-corrected chi connectivity index (χ2v) is 11.0. The highest BCUT2D eigenvalue weighted by Gasteiger charge is 2.22. The summed E-state index contributed by atoms with van der Waals surface area (Å²) in [4.78, 5) is 14.0. The first-order chi connectivity index (χ1) is 13.3. The normalized spacial score (nSPS) is 14.2. The second-order valence-electron chi connectivity index (χ2n) is 7.34. The van der Waals surface area contributed by atoms with E-state index in [0.29, 0.717) is 10.6 Å². The smallest absolute Gasteiger partial charge is 0.229 e. The molecule has 3 rings (SSSR count). The minimum atomic E-state index is -3.32. The Morgan fingerprint density at radius 3 is 2.50 bits per heavy atom. The molecular formula is C21H24N2O3S2. The number of sulfone groups is 1. The third-order valence-corrected chi connectivity index (χ3v) is 8.40. The van der Waals surface area contributed by atoms with Gasteiger partial charge in [0.2, 0.25) is 5.91 Å². The highest BCUT2D eigenvalue weighted by Crippen LogP contribution is 2.37. The number of nitrogens with zero attached hydrogens (tertiary/aromatic N) is 1. The molecule has 7 heteroatoms. The van der Waals surface area contributed by atoms with Crippen LogP contribution in [0.15, 0.2) is 29.2 Å². The molecule has 1 aliphatic rings. The van der Waals surface area contributed by atoms with E-state index in [1.807, 2.05) is 0 Å². The van der Waals surface area contributed by atoms with E-state index in [9.17, 15) is 18.5 Å². The summed E-state index contributed by atoms with van der Waals surface area (Å²) >= 11 is 1.51. The van der Waals surface area contributed by atoms with Crippen LogP contribution in [-0.2, 0) is 33.9 Å². The van der Waals surface area contributed by atoms with E-state index in [4.69, 9.17) is 0 Å². The largest absolute Gasteiger partial charge is 0.316 e. The van der Waals surface area contributed by atoms with E-state index >= 15 is 0 Å². The van der Waals surface area contributed by atoms with Gasteiger partial charge in [0.25, 0.3) is 0 Å². The Balaban J connectivity index is 1.72. The number of hydrogen-bond acceptors (Lipinski definition) is 5. The van der Waals surface area contributed by atoms with Crippen molar-refractivity contribution in [2.75, 3.05) is 5.32 Å². The zero-order valence-electron chi connectivity index (χ0n) is 16.1. The van der Waals surface area contributed by atoms with Crippen LogP contribution in [0.1, 0.15) is 54.7 Å². The van der Waals surface area contributed by atoms with E-state index in [2.05, 4.69) is 11.4 Å². The molecule has 0 aliphatic heterocycles. The van der Waals surface area contributed by atoms with Gasteiger partial charge in [-0.25, -0.2) is 8.42 Å². The van der Waals surface area contributed by atoms with Gasteiger partial charge >= 0.3 is 0 Å². The molecule has 1 amide bonds. The number of hydrogen-bond donors (Lipinski definition) is 1. The minimum Gasteiger partial charge on any atom is -0.316 e. The first-order valence-corrected chi connectivity index (χ1v) is 11.9. The van der Waals surface area contributed by atoms with Crippen molar-refractivity contribution in [2.24, 2.45) is 0 Å². The van der Waals surface area contributed by atoms with Crippen LogP contribution in [0.3, 0.4) is 0 Å². The number of carbonyl (C=O) groups excluding carboxylic acids is 1. The zero-order chi connectivity index (χ0) is 20.3. The molecule has 1 aliphatic carbocycles. The van der Waals surface area contributed by atoms with Gasteiger partial charge in [-0.05, 0) is 62.8 Å². The van der Waals surface area contributed by atoms with Crippen LogP contribution >= 0.6 is 11.3 Å². The standard InChI is InChI=1S/C21H24N2O3S2/c1-14(2)28(25,26)16-10-8-15(9-11-16)12-20(24)23-21-18(13-22)17-6-4-3-5-7-19(17)27-21/h8-11,14H,3-7,12H2,1-2H3,(H,23,24). The van der Waals surface area contributed by atoms with Crippen molar-refractivity contribution >= 4 is 32.1 Å². The van der Waals surface area contributed by atoms with Gasteiger partial charge in [0, 0.05) is 4.88 Å². The van der Waals surface area contributed by atoms with E-state index in [-0.39, 0.29) is 17.2 Å². The lowest BCUT2D eigenvalue weighted by Crippen LogP contribution is -2.15. The Kier molecular flexibility index (Phi) is 6.21. The van der Waals surface area contributed by atoms with Gasteiger partial charge in [0.1, 0.15) is 11.1 Å². The van der Waals surface area contributed by atoms with E-state index in [1.165, 1.54) is 22.6 Å². The molecule has 0 unspecified atom stereocenters. The number of thiophene rings is 1. The lowest BCUT2D eigenvalue weighted by molar-refractivity contribution is -0.115. The number of rotatable bonds is 5. The molecular weight excluding hydrogens is 392 g/mol. The van der Waals surface area contributed by atoms with Gasteiger partial charge in [-0.3, -0.25) is 4.79 Å². The number of nitrogens with one attached hydrogen (secondary N) is 1. The van der Waals surface area contributed by atoms with Gasteiger partial charge in [0.15, 0.2) is 9.84 Å². The molecule has 0 saturated heterocycles. The molecule has 148 valence electrons. The van der Waals surface area contributed by atoms with Crippen LogP contribution in [0.2, 0.25) is 0 Å². The fourth-order valence-electron chi connectivity index (χ4n) is 3.37. The van der Waals surface area contributed by atoms with Gasteiger partial charge < -0.3 is 5.32 Å². The summed E-state index contributed by atoms with van der Waals surface area (Å²) in [5, 5.41) is 12.6. The zero-order valence-corrected chi connectivity index (χ0v) is 17.8. The van der Waals surface area contributed by atoms with Crippen molar-refractivity contribution < 1.29 is 13.2 Å². The molecule has 2 aromatic rings. The number of fused-ring (bicyclic) bond motifs is 1. The molecule has 1 heterocycles. The molecule has 1 aromatic heterocycles. The first-order valence-electron chi connectivity index (χ1n) is 9.50. The number of carbonyl (C=O) groups is 1. The predicted molar refractivity (Wildman–Crippen MR) is 111 cm³/mol. The molecule has 5 nitrogen and oxygen atoms in total. The average molecular weight is 417 g/mol. The monoisotopic (exact) mass is 416 g/mol. The minimum absolute atomic E-state index is 0.134. The maximum Gasteiger partial charge on any atom is 0.229 e. The maximum atomic E-state index is 12.5. The molecule has 1 N–H and O–H groups in total. The molecule has 0 bridgehead atoms. The number of aryl methyl sites for hydroxylation is 1. The average Bonchev–Trinajstić information content (AvgIpc) is 2.81. The van der Waals surface area contributed by atoms with E-state index in [1.54, 1.807) is 38.1 Å². The summed E-state index contributed by atoms with van der Waals surface area (Å²) < 4.78 is 24.4. The molecule has 0 fully saturated rings. The van der Waals surface area contributed by atoms with Gasteiger partial charge in [-0.1, -0.05) is 18.6 Å². The van der Waals surface area contributed by atoms with Crippen molar-refractivity contribution in [3.05, 3.63) is 45.8 Å². The molecule has 0 saturated carbocycles. The van der Waals surface area contributed by atoms with Crippen molar-refractivity contribution in [2.45, 2.75) is 62.5 Å². The quantitative estimate of drug-likeness (QED) is 0.738. The van der Waals surface area contributed by atoms with Crippen LogP contribution < -0.4 is 5.32 Å². The van der Waals surface area contributed by atoms with Crippen LogP contribution in [0.5, 0.6) is 0 Å². The third-order valence-electron chi connectivity index (χ3n) is 5.02. The molecule has 0 atom stereocenters. The Bertz CT molecular complexity index is 1010. The van der Waals surface area contributed by atoms with Crippen molar-refractivity contribution in [3.8, 4) is 6.07 Å². The Morgan fingerprint density at radius 2 is 1.86 bits per heavy atom. The summed E-state index contributed by atoms with van der Waals surface area (Å²) in [7, 11) is -3.32. The van der Waals surface area contributed by atoms with Crippen molar-refractivity contribution in [1.82, 2.24) is 0 Å². The Hall–Kier alpha value is -2.17. The SMILES string of the molecule is CC(C)S(=O)(=O)c1ccc(CC(=O)Nc2sc3c(c2C#N)CCCCC3)cc1. The van der Waals surface area contributed by atoms with Crippen molar-refractivity contribution in [1.29, 1.82) is 5.26 Å². The topological polar surface area (TPSA) is 87.0 Å². The highest BCUT2D eigenvalue weighted by atomic mass is 32.2. The lowest BCUT2D eigenvalue weighted by atomic mass is 10.1. The van der Waals surface area contributed by atoms with Crippen LogP contribution in [-0.4, -0.2) is 19.6 Å². The summed E-state index contributed by atoms with van der Waals surface area (Å²) in [5.41, 5.74) is 2.44. The van der Waals surface area contributed by atoms with Crippen LogP contribution in [0.4, 0.5) is 5.00 Å². The number of anilines is 1. The second kappa shape index (κ2) is 8.46. The van der Waals surface area contributed by atoms with Gasteiger partial charge in [-0.2, -0.15) is 5.26 Å². The fraction of sp³-hybridized carbons (Fsp3) is 0.429. The Morgan fingerprint density at radius 1 is 1.18 bits per heavy atom. The first kappa shape index (κ1) is 20.6. The van der Waals surface area contributed by atoms with Crippen LogP contribution in [0, 0.1) is 11.3 Å². The number of nitriles is 1. The van der Waals surface area contributed by atoms with Crippen LogP contribution in [0.25, 0.3) is 0 Å². The summed E-state index contributed by atoms with van der Waals surface area (Å²) in [6.45, 7) is 3.29. The fourth-order valence-corrected chi connectivity index (χ4v) is 5.69. The van der Waals surface area contributed by atoms with Crippen molar-refractivity contribution in [3.63, 3.8) is 0 Å². The molecule has 1 aromatic carbocycles. The maximum absolute atomic E-state index is 12.5. The number of benzene rings is 1. The summed E-state index contributed by atoms with van der Waals surface area (Å²) in [6, 6.07) is 8.70. The predicted octanol–water partition coefficient (Wildman–Crippen LogP) is 4.25. The lowest BCUT2D eigenvalue weighted by Gasteiger charge is -2.09. The molecule has 0 spiro atoms. The van der Waals surface area contributed by atoms with Gasteiger partial charge in [-0.15, -0.1) is 11.3 Å². The highest BCUT2D eigenvalue weighted by molar-refractivity contribution is 7.92.